The molecular weight excluding hydrogens is 929 g/mol. The number of aliphatic carboxylic acids is 1. The normalized spacial score (nSPS) is 26.4. The number of carbonyl (C=O) groups excluding carboxylic acids is 3. The van der Waals surface area contributed by atoms with E-state index in [0.29, 0.717) is 51.5 Å². The van der Waals surface area contributed by atoms with Crippen LogP contribution >= 0.6 is 22.7 Å². The van der Waals surface area contributed by atoms with Gasteiger partial charge in [0.25, 0.3) is 0 Å². The maximum atomic E-state index is 15.1. The molecule has 1 aromatic carbocycles. The molecule has 4 amide bonds. The Bertz CT molecular complexity index is 2680. The second kappa shape index (κ2) is 20.0. The first-order valence-electron chi connectivity index (χ1n) is 23.8. The van der Waals surface area contributed by atoms with Crippen LogP contribution in [-0.4, -0.2) is 113 Å². The Labute approximate surface area is 404 Å². The summed E-state index contributed by atoms with van der Waals surface area (Å²) >= 11 is 2.86. The summed E-state index contributed by atoms with van der Waals surface area (Å²) in [7, 11) is -2.15. The molecule has 0 radical (unpaired) electrons. The molecule has 68 heavy (non-hydrogen) atoms. The molecule has 0 bridgehead atoms. The number of benzene rings is 1. The lowest BCUT2D eigenvalue weighted by molar-refractivity contribution is -0.145. The first-order valence-corrected chi connectivity index (χ1v) is 27.0. The van der Waals surface area contributed by atoms with Crippen LogP contribution in [0.1, 0.15) is 95.8 Å². The number of allylic oxidation sites excluding steroid dienone is 1. The third-order valence-corrected chi connectivity index (χ3v) is 17.7. The van der Waals surface area contributed by atoms with Crippen molar-refractivity contribution in [2.45, 2.75) is 138 Å². The second-order valence-corrected chi connectivity index (χ2v) is 22.8. The fraction of sp³-hybridized carbons (Fsp3) is 0.542. The van der Waals surface area contributed by atoms with E-state index in [0.717, 1.165) is 55.0 Å². The molecule has 6 heterocycles. The Morgan fingerprint density at radius 3 is 2.57 bits per heavy atom. The Kier molecular flexibility index (Phi) is 14.0. The lowest BCUT2D eigenvalue weighted by Gasteiger charge is -2.34. The van der Waals surface area contributed by atoms with Gasteiger partial charge in [0.15, 0.2) is 5.13 Å². The number of ether oxygens (including phenoxy) is 2. The number of hydrogen-bond donors (Lipinski definition) is 5. The molecule has 2 unspecified atom stereocenters. The van der Waals surface area contributed by atoms with E-state index in [-0.39, 0.29) is 50.9 Å². The Balaban J connectivity index is 1.00. The first kappa shape index (κ1) is 47.7. The zero-order valence-corrected chi connectivity index (χ0v) is 41.0. The number of carbonyl (C=O) groups is 4. The number of carboxylic acid groups (broad SMARTS) is 1. The van der Waals surface area contributed by atoms with Gasteiger partial charge in [-0.2, -0.15) is 4.31 Å². The van der Waals surface area contributed by atoms with Crippen molar-refractivity contribution in [3.8, 4) is 22.9 Å². The number of methoxy groups -OCH3 is 1. The second-order valence-electron chi connectivity index (χ2n) is 19.0. The highest BCUT2D eigenvalue weighted by molar-refractivity contribution is 7.89. The molecule has 2 saturated carbocycles. The van der Waals surface area contributed by atoms with Crippen molar-refractivity contribution in [2.24, 2.45) is 11.8 Å². The maximum Gasteiger partial charge on any atom is 0.330 e. The van der Waals surface area contributed by atoms with Gasteiger partial charge in [0.1, 0.15) is 40.9 Å². The predicted molar refractivity (Wildman–Crippen MR) is 259 cm³/mol. The minimum absolute atomic E-state index is 0.0315. The van der Waals surface area contributed by atoms with Crippen molar-refractivity contribution in [1.29, 1.82) is 0 Å². The number of pyridine rings is 1. The summed E-state index contributed by atoms with van der Waals surface area (Å²) in [5, 5.41) is 27.8. The van der Waals surface area contributed by atoms with Crippen LogP contribution in [0.25, 0.3) is 22.3 Å². The Hall–Kier alpha value is -5.31. The van der Waals surface area contributed by atoms with Gasteiger partial charge in [-0.05, 0) is 81.9 Å². The van der Waals surface area contributed by atoms with Crippen LogP contribution in [0, 0.1) is 11.8 Å². The number of sulfonamides is 1. The molecule has 5 aliphatic rings. The van der Waals surface area contributed by atoms with Gasteiger partial charge < -0.3 is 40.7 Å². The molecule has 2 aliphatic carbocycles. The van der Waals surface area contributed by atoms with E-state index in [4.69, 9.17) is 19.4 Å². The number of nitrogens with one attached hydrogen (secondary N) is 4. The van der Waals surface area contributed by atoms with Crippen molar-refractivity contribution in [1.82, 2.24) is 35.1 Å². The van der Waals surface area contributed by atoms with Crippen molar-refractivity contribution in [3.05, 3.63) is 58.1 Å². The molecule has 0 spiro atoms. The Morgan fingerprint density at radius 1 is 1.01 bits per heavy atom. The average Bonchev–Trinajstić information content (AvgIpc) is 3.79. The summed E-state index contributed by atoms with van der Waals surface area (Å²) in [6.45, 7) is 4.38. The van der Waals surface area contributed by atoms with Gasteiger partial charge in [0.2, 0.25) is 21.8 Å². The minimum Gasteiger partial charge on any atom is -0.497 e. The fourth-order valence-electron chi connectivity index (χ4n) is 10.2. The SMILES string of the molecule is COc1ccc2c(O[C@@H]3C[C@H]4C(=O)N[C@]5(C(=O)O)CC5/C=C\CCCCC[C@H](NC(=O)NC(CN5Cc6sccc6S5(=O)=O)C5CCCCC5)C(=O)N4C3)cc(-c3csc(NC(C)C)n3)nc2c1. The predicted octanol–water partition coefficient (Wildman–Crippen LogP) is 6.90. The number of rotatable bonds is 12. The number of thiophene rings is 1. The molecule has 6 atom stereocenters. The third-order valence-electron chi connectivity index (χ3n) is 14.0. The molecule has 3 aliphatic heterocycles. The molecule has 4 aromatic rings. The zero-order chi connectivity index (χ0) is 47.7. The van der Waals surface area contributed by atoms with Crippen molar-refractivity contribution < 1.29 is 42.2 Å². The summed E-state index contributed by atoms with van der Waals surface area (Å²) in [6.07, 6.45) is 11.2. The van der Waals surface area contributed by atoms with Crippen molar-refractivity contribution in [2.75, 3.05) is 25.5 Å². The lowest BCUT2D eigenvalue weighted by atomic mass is 9.84. The van der Waals surface area contributed by atoms with Gasteiger partial charge in [-0.25, -0.2) is 28.0 Å². The summed E-state index contributed by atoms with van der Waals surface area (Å²) < 4.78 is 40.9. The molecule has 364 valence electrons. The highest BCUT2D eigenvalue weighted by Gasteiger charge is 2.61. The van der Waals surface area contributed by atoms with Gasteiger partial charge in [-0.1, -0.05) is 44.3 Å². The van der Waals surface area contributed by atoms with E-state index in [9.17, 15) is 27.9 Å². The maximum absolute atomic E-state index is 15.1. The number of hydrogen-bond acceptors (Lipinski definition) is 13. The van der Waals surface area contributed by atoms with Gasteiger partial charge in [-0.15, -0.1) is 22.7 Å². The van der Waals surface area contributed by atoms with E-state index in [1.165, 1.54) is 31.9 Å². The van der Waals surface area contributed by atoms with Crippen LogP contribution in [0.15, 0.2) is 58.1 Å². The molecule has 9 rings (SSSR count). The molecule has 3 aromatic heterocycles. The van der Waals surface area contributed by atoms with E-state index in [1.54, 1.807) is 36.8 Å². The molecule has 3 fully saturated rings. The molecule has 5 N–H and O–H groups in total. The van der Waals surface area contributed by atoms with E-state index >= 15 is 4.79 Å². The smallest absolute Gasteiger partial charge is 0.330 e. The van der Waals surface area contributed by atoms with Crippen LogP contribution < -0.4 is 30.7 Å². The van der Waals surface area contributed by atoms with E-state index in [1.807, 2.05) is 37.4 Å². The molecule has 17 nitrogen and oxygen atoms in total. The molecular formula is C48H60N8O9S3. The fourth-order valence-corrected chi connectivity index (χ4v) is 14.0. The van der Waals surface area contributed by atoms with Gasteiger partial charge in [0.05, 0.1) is 29.8 Å². The van der Waals surface area contributed by atoms with Gasteiger partial charge in [-0.3, -0.25) is 9.59 Å². The summed E-state index contributed by atoms with van der Waals surface area (Å²) in [5.41, 5.74) is 0.255. The summed E-state index contributed by atoms with van der Waals surface area (Å²) in [4.78, 5) is 68.9. The number of aromatic nitrogens is 2. The number of carboxylic acids is 1. The van der Waals surface area contributed by atoms with Crippen LogP contribution in [0.3, 0.4) is 0 Å². The van der Waals surface area contributed by atoms with Crippen LogP contribution in [-0.2, 0) is 31.0 Å². The highest BCUT2D eigenvalue weighted by atomic mass is 32.2. The number of urea groups is 1. The largest absolute Gasteiger partial charge is 0.497 e. The minimum atomic E-state index is -3.72. The number of fused-ring (bicyclic) bond motifs is 4. The van der Waals surface area contributed by atoms with Crippen molar-refractivity contribution in [3.63, 3.8) is 0 Å². The number of thiazole rings is 1. The molecule has 20 heteroatoms. The van der Waals surface area contributed by atoms with E-state index < -0.39 is 69.5 Å². The first-order chi connectivity index (χ1) is 32.7. The third kappa shape index (κ3) is 10.0. The van der Waals surface area contributed by atoms with Crippen molar-refractivity contribution >= 4 is 72.5 Å². The summed E-state index contributed by atoms with van der Waals surface area (Å²) in [6, 6.07) is 5.76. The average molecular weight is 989 g/mol. The topological polar surface area (TPSA) is 221 Å². The quantitative estimate of drug-likeness (QED) is 0.0916. The molecule has 1 saturated heterocycles. The standard InChI is InChI=1S/C48H60N8O9S3/c1-28(2)49-47-53-38(27-67-47)36-22-40(33-17-16-31(64-3)20-35(33)50-36)65-32-21-39-43(57)54-48(45(59)60)23-30(48)14-10-5-4-6-11-15-34(44(58)56(39)24-32)51-46(61)52-37(29-12-8-7-9-13-29)25-55-26-41-42(18-19-66-41)68(55,62)63/h10,14,16-20,22,27-30,32,34,37,39H,4-9,11-13,15,21,23-26H2,1-3H3,(H,49,53)(H,54,57)(H,59,60)(H2,51,52,61)/b14-10-/t30?,32-,34+,37?,39+,48-/m1/s1. The van der Waals surface area contributed by atoms with Crippen LogP contribution in [0.4, 0.5) is 9.93 Å². The Morgan fingerprint density at radius 2 is 1.81 bits per heavy atom. The van der Waals surface area contributed by atoms with Crippen LogP contribution in [0.2, 0.25) is 0 Å². The number of anilines is 1. The van der Waals surface area contributed by atoms with Gasteiger partial charge in [0, 0.05) is 65.3 Å². The number of nitrogens with zero attached hydrogens (tertiary/aromatic N) is 4. The number of amides is 4. The highest BCUT2D eigenvalue weighted by Crippen LogP contribution is 2.46. The summed E-state index contributed by atoms with van der Waals surface area (Å²) in [5.74, 6) is -1.57. The van der Waals surface area contributed by atoms with E-state index in [2.05, 4.69) is 21.3 Å². The lowest BCUT2D eigenvalue weighted by Crippen LogP contribution is -2.58. The monoisotopic (exact) mass is 988 g/mol. The van der Waals surface area contributed by atoms with Gasteiger partial charge >= 0.3 is 12.0 Å². The zero-order valence-electron chi connectivity index (χ0n) is 38.6. The van der Waals surface area contributed by atoms with Crippen LogP contribution in [0.5, 0.6) is 11.5 Å².